The van der Waals surface area contributed by atoms with Crippen molar-refractivity contribution in [3.05, 3.63) is 90.1 Å². The minimum absolute atomic E-state index is 0.317. The summed E-state index contributed by atoms with van der Waals surface area (Å²) in [5.74, 6) is 1.14. The minimum Gasteiger partial charge on any atom is -0.497 e. The second-order valence-corrected chi connectivity index (χ2v) is 6.48. The highest BCUT2D eigenvalue weighted by Gasteiger charge is 2.12. The summed E-state index contributed by atoms with van der Waals surface area (Å²) >= 11 is 0. The van der Waals surface area contributed by atoms with Gasteiger partial charge in [0.05, 0.1) is 7.11 Å². The van der Waals surface area contributed by atoms with Gasteiger partial charge in [0.25, 0.3) is 11.8 Å². The molecule has 0 saturated carbocycles. The summed E-state index contributed by atoms with van der Waals surface area (Å²) in [6, 6.07) is 23.2. The summed E-state index contributed by atoms with van der Waals surface area (Å²) in [7, 11) is 1.55. The molecule has 0 radical (unpaired) electrons. The van der Waals surface area contributed by atoms with Crippen molar-refractivity contribution in [2.45, 2.75) is 0 Å². The molecule has 0 spiro atoms. The van der Waals surface area contributed by atoms with Crippen molar-refractivity contribution in [1.82, 2.24) is 15.8 Å². The van der Waals surface area contributed by atoms with E-state index in [0.29, 0.717) is 22.8 Å². The molecule has 30 heavy (non-hydrogen) atoms. The molecule has 4 aromatic rings. The molecule has 0 fully saturated rings. The number of benzene rings is 3. The first kappa shape index (κ1) is 19.1. The lowest BCUT2D eigenvalue weighted by Gasteiger charge is -2.07. The summed E-state index contributed by atoms with van der Waals surface area (Å²) in [5.41, 5.74) is 6.30. The lowest BCUT2D eigenvalue weighted by Crippen LogP contribution is -2.41. The summed E-state index contributed by atoms with van der Waals surface area (Å²) < 4.78 is 10.9. The van der Waals surface area contributed by atoms with Crippen LogP contribution >= 0.6 is 0 Å². The van der Waals surface area contributed by atoms with E-state index < -0.39 is 11.8 Å². The molecule has 2 amide bonds. The molecule has 4 rings (SSSR count). The average molecular weight is 401 g/mol. The van der Waals surface area contributed by atoms with Crippen molar-refractivity contribution in [3.63, 3.8) is 0 Å². The minimum atomic E-state index is -0.460. The largest absolute Gasteiger partial charge is 0.497 e. The van der Waals surface area contributed by atoms with Gasteiger partial charge in [0, 0.05) is 16.5 Å². The van der Waals surface area contributed by atoms with Crippen LogP contribution in [0.25, 0.3) is 10.9 Å². The van der Waals surface area contributed by atoms with Crippen LogP contribution in [0.2, 0.25) is 0 Å². The van der Waals surface area contributed by atoms with E-state index in [1.165, 1.54) is 0 Å². The van der Waals surface area contributed by atoms with Crippen LogP contribution in [-0.2, 0) is 0 Å². The van der Waals surface area contributed by atoms with Crippen LogP contribution in [0.4, 0.5) is 0 Å². The van der Waals surface area contributed by atoms with Gasteiger partial charge >= 0.3 is 0 Å². The van der Waals surface area contributed by atoms with E-state index in [1.807, 2.05) is 48.5 Å². The highest BCUT2D eigenvalue weighted by molar-refractivity contribution is 6.01. The van der Waals surface area contributed by atoms with Crippen molar-refractivity contribution < 1.29 is 19.1 Å². The molecule has 3 N–H and O–H groups in total. The summed E-state index contributed by atoms with van der Waals surface area (Å²) in [6.07, 6.45) is 0. The Morgan fingerprint density at radius 3 is 2.20 bits per heavy atom. The van der Waals surface area contributed by atoms with Gasteiger partial charge in [-0.3, -0.25) is 20.4 Å². The Morgan fingerprint density at radius 1 is 0.767 bits per heavy atom. The molecular formula is C23H19N3O4. The van der Waals surface area contributed by atoms with Crippen LogP contribution in [0.3, 0.4) is 0 Å². The Bertz CT molecular complexity index is 1180. The zero-order valence-corrected chi connectivity index (χ0v) is 16.1. The van der Waals surface area contributed by atoms with Crippen molar-refractivity contribution in [2.75, 3.05) is 7.11 Å². The van der Waals surface area contributed by atoms with Gasteiger partial charge < -0.3 is 14.5 Å². The van der Waals surface area contributed by atoms with Crippen LogP contribution < -0.4 is 20.3 Å². The number of hydrazine groups is 1. The lowest BCUT2D eigenvalue weighted by atomic mass is 10.2. The molecule has 3 aromatic carbocycles. The number of hydrogen-bond donors (Lipinski definition) is 3. The predicted molar refractivity (Wildman–Crippen MR) is 113 cm³/mol. The number of ether oxygens (including phenoxy) is 2. The van der Waals surface area contributed by atoms with Gasteiger partial charge in [-0.1, -0.05) is 18.2 Å². The number of nitrogens with one attached hydrogen (secondary N) is 3. The third-order valence-corrected chi connectivity index (χ3v) is 4.46. The SMILES string of the molecule is COc1ccc(C(=O)NNC(=O)c2cc3cc(Oc4ccccc4)ccc3[nH]2)cc1. The highest BCUT2D eigenvalue weighted by Crippen LogP contribution is 2.26. The Balaban J connectivity index is 1.42. The van der Waals surface area contributed by atoms with Crippen LogP contribution in [0.15, 0.2) is 78.9 Å². The molecule has 150 valence electrons. The number of carbonyl (C=O) groups is 2. The molecule has 0 aliphatic rings. The van der Waals surface area contributed by atoms with Crippen molar-refractivity contribution in [3.8, 4) is 17.2 Å². The number of methoxy groups -OCH3 is 1. The second kappa shape index (κ2) is 8.40. The Morgan fingerprint density at radius 2 is 1.47 bits per heavy atom. The molecule has 0 bridgehead atoms. The second-order valence-electron chi connectivity index (χ2n) is 6.48. The maximum Gasteiger partial charge on any atom is 0.286 e. The number of amides is 2. The fourth-order valence-corrected chi connectivity index (χ4v) is 2.92. The maximum atomic E-state index is 12.4. The molecule has 0 saturated heterocycles. The van der Waals surface area contributed by atoms with E-state index in [9.17, 15) is 9.59 Å². The van der Waals surface area contributed by atoms with Gasteiger partial charge in [-0.25, -0.2) is 0 Å². The van der Waals surface area contributed by atoms with Crippen LogP contribution in [-0.4, -0.2) is 23.9 Å². The molecule has 0 atom stereocenters. The molecule has 0 unspecified atom stereocenters. The van der Waals surface area contributed by atoms with Gasteiger partial charge in [0.1, 0.15) is 22.9 Å². The molecule has 1 aromatic heterocycles. The van der Waals surface area contributed by atoms with Gasteiger partial charge in [0.15, 0.2) is 0 Å². The molecule has 0 aliphatic carbocycles. The van der Waals surface area contributed by atoms with Crippen LogP contribution in [0.1, 0.15) is 20.8 Å². The number of aromatic nitrogens is 1. The van der Waals surface area contributed by atoms with Gasteiger partial charge in [0.2, 0.25) is 0 Å². The number of hydrogen-bond acceptors (Lipinski definition) is 4. The number of H-pyrrole nitrogens is 1. The number of fused-ring (bicyclic) bond motifs is 1. The van der Waals surface area contributed by atoms with Crippen LogP contribution in [0, 0.1) is 0 Å². The first-order valence-corrected chi connectivity index (χ1v) is 9.23. The highest BCUT2D eigenvalue weighted by atomic mass is 16.5. The van der Waals surface area contributed by atoms with Crippen molar-refractivity contribution in [1.29, 1.82) is 0 Å². The normalized spacial score (nSPS) is 10.4. The number of carbonyl (C=O) groups excluding carboxylic acids is 2. The zero-order valence-electron chi connectivity index (χ0n) is 16.1. The van der Waals surface area contributed by atoms with Gasteiger partial charge in [-0.2, -0.15) is 0 Å². The standard InChI is InChI=1S/C23H19N3O4/c1-29-17-9-7-15(8-10-17)22(27)25-26-23(28)21-14-16-13-19(11-12-20(16)24-21)30-18-5-3-2-4-6-18/h2-14,24H,1H3,(H,25,27)(H,26,28). The number of aromatic amines is 1. The average Bonchev–Trinajstić information content (AvgIpc) is 3.21. The molecular weight excluding hydrogens is 382 g/mol. The topological polar surface area (TPSA) is 92.5 Å². The molecule has 7 heteroatoms. The molecule has 1 heterocycles. The first-order chi connectivity index (χ1) is 14.6. The third-order valence-electron chi connectivity index (χ3n) is 4.46. The van der Waals surface area contributed by atoms with E-state index in [-0.39, 0.29) is 0 Å². The lowest BCUT2D eigenvalue weighted by molar-refractivity contribution is 0.0844. The van der Waals surface area contributed by atoms with Gasteiger partial charge in [-0.15, -0.1) is 0 Å². The predicted octanol–water partition coefficient (Wildman–Crippen LogP) is 4.04. The smallest absolute Gasteiger partial charge is 0.286 e. The zero-order chi connectivity index (χ0) is 20.9. The van der Waals surface area contributed by atoms with Gasteiger partial charge in [-0.05, 0) is 60.7 Å². The Hall–Kier alpha value is -4.26. The van der Waals surface area contributed by atoms with Crippen LogP contribution in [0.5, 0.6) is 17.2 Å². The van der Waals surface area contributed by atoms with Crippen molar-refractivity contribution >= 4 is 22.7 Å². The van der Waals surface area contributed by atoms with E-state index in [2.05, 4.69) is 15.8 Å². The number of rotatable bonds is 5. The Labute approximate surface area is 172 Å². The fourth-order valence-electron chi connectivity index (χ4n) is 2.92. The Kier molecular flexibility index (Phi) is 5.34. The molecule has 7 nitrogen and oxygen atoms in total. The quantitative estimate of drug-likeness (QED) is 0.440. The number of para-hydroxylation sites is 1. The maximum absolute atomic E-state index is 12.4. The van der Waals surface area contributed by atoms with Crippen molar-refractivity contribution in [2.24, 2.45) is 0 Å². The third kappa shape index (κ3) is 4.25. The fraction of sp³-hybridized carbons (Fsp3) is 0.0435. The molecule has 0 aliphatic heterocycles. The first-order valence-electron chi connectivity index (χ1n) is 9.23. The van der Waals surface area contributed by atoms with E-state index in [1.54, 1.807) is 37.4 Å². The monoisotopic (exact) mass is 401 g/mol. The summed E-state index contributed by atoms with van der Waals surface area (Å²) in [6.45, 7) is 0. The van der Waals surface area contributed by atoms with E-state index in [0.717, 1.165) is 16.7 Å². The van der Waals surface area contributed by atoms with E-state index >= 15 is 0 Å². The van der Waals surface area contributed by atoms with E-state index in [4.69, 9.17) is 9.47 Å². The summed E-state index contributed by atoms with van der Waals surface area (Å²) in [4.78, 5) is 27.6. The summed E-state index contributed by atoms with van der Waals surface area (Å²) in [5, 5.41) is 0.815.